The van der Waals surface area contributed by atoms with Crippen LogP contribution in [0.1, 0.15) is 23.2 Å². The second kappa shape index (κ2) is 9.72. The van der Waals surface area contributed by atoms with Crippen molar-refractivity contribution in [2.45, 2.75) is 19.1 Å². The number of fused-ring (bicyclic) bond motifs is 2. The van der Waals surface area contributed by atoms with Gasteiger partial charge in [-0.3, -0.25) is 14.6 Å². The lowest BCUT2D eigenvalue weighted by atomic mass is 10.0. The largest absolute Gasteiger partial charge is 0.468 e. The van der Waals surface area contributed by atoms with Gasteiger partial charge in [0.05, 0.1) is 31.5 Å². The van der Waals surface area contributed by atoms with E-state index in [0.717, 1.165) is 43.9 Å². The Labute approximate surface area is 206 Å². The number of hydrogen-bond donors (Lipinski definition) is 1. The van der Waals surface area contributed by atoms with Gasteiger partial charge in [0.1, 0.15) is 11.8 Å². The van der Waals surface area contributed by atoms with Gasteiger partial charge in [-0.1, -0.05) is 0 Å². The molecule has 2 aliphatic heterocycles. The smallest absolute Gasteiger partial charge is 0.253 e. The maximum absolute atomic E-state index is 13.4. The number of H-pyrrole nitrogens is 1. The standard InChI is InChI=1S/C24H27N7O5/c1-33-10-8-31-23(26-27-28-31)22(30-6-4-29(5-7-30)14-17-3-2-9-34-17)18-11-16-12-20-21(36-15-35-20)13-19(16)25-24(18)32/h2-3,9,11-13,22H,4-8,10,14-15H2,1H3,(H,25,32)/t22-/m1/s1. The molecule has 36 heavy (non-hydrogen) atoms. The maximum atomic E-state index is 13.4. The highest BCUT2D eigenvalue weighted by Gasteiger charge is 2.33. The highest BCUT2D eigenvalue weighted by Crippen LogP contribution is 2.36. The molecule has 2 aliphatic rings. The van der Waals surface area contributed by atoms with Gasteiger partial charge in [-0.25, -0.2) is 4.68 Å². The number of nitrogens with zero attached hydrogens (tertiary/aromatic N) is 6. The Morgan fingerprint density at radius 3 is 2.75 bits per heavy atom. The van der Waals surface area contributed by atoms with E-state index in [-0.39, 0.29) is 12.4 Å². The zero-order valence-electron chi connectivity index (χ0n) is 19.9. The van der Waals surface area contributed by atoms with Gasteiger partial charge < -0.3 is 23.6 Å². The number of hydrogen-bond acceptors (Lipinski definition) is 10. The van der Waals surface area contributed by atoms with Crippen LogP contribution in [0.3, 0.4) is 0 Å². The Morgan fingerprint density at radius 1 is 1.14 bits per heavy atom. The van der Waals surface area contributed by atoms with E-state index >= 15 is 0 Å². The summed E-state index contributed by atoms with van der Waals surface area (Å²) in [7, 11) is 1.64. The summed E-state index contributed by atoms with van der Waals surface area (Å²) in [6.07, 6.45) is 1.69. The van der Waals surface area contributed by atoms with Crippen LogP contribution in [0, 0.1) is 0 Å². The van der Waals surface area contributed by atoms with Crippen LogP contribution in [0.25, 0.3) is 10.9 Å². The van der Waals surface area contributed by atoms with Crippen molar-refractivity contribution in [2.24, 2.45) is 0 Å². The molecule has 0 aliphatic carbocycles. The first-order valence-electron chi connectivity index (χ1n) is 11.9. The fraction of sp³-hybridized carbons (Fsp3) is 0.417. The quantitative estimate of drug-likeness (QED) is 0.385. The average Bonchev–Trinajstić information content (AvgIpc) is 3.66. The lowest BCUT2D eigenvalue weighted by Gasteiger charge is -2.38. The number of pyridine rings is 1. The average molecular weight is 494 g/mol. The van der Waals surface area contributed by atoms with Crippen LogP contribution in [0.2, 0.25) is 0 Å². The monoisotopic (exact) mass is 493 g/mol. The number of rotatable bonds is 8. The molecule has 1 N–H and O–H groups in total. The first-order chi connectivity index (χ1) is 17.7. The SMILES string of the molecule is COCCn1nnnc1[C@@H](c1cc2cc3c(cc2[nH]c1=O)OCO3)N1CCN(Cc2ccco2)CC1. The second-order valence-electron chi connectivity index (χ2n) is 8.89. The third-order valence-corrected chi connectivity index (χ3v) is 6.70. The molecule has 0 radical (unpaired) electrons. The first kappa shape index (κ1) is 22.7. The molecule has 4 aromatic rings. The normalized spacial score (nSPS) is 17.1. The molecule has 1 saturated heterocycles. The highest BCUT2D eigenvalue weighted by atomic mass is 16.7. The molecular weight excluding hydrogens is 466 g/mol. The molecule has 0 spiro atoms. The van der Waals surface area contributed by atoms with Crippen molar-refractivity contribution in [1.82, 2.24) is 35.0 Å². The van der Waals surface area contributed by atoms with Gasteiger partial charge in [-0.2, -0.15) is 0 Å². The summed E-state index contributed by atoms with van der Waals surface area (Å²) in [6.45, 7) is 4.98. The topological polar surface area (TPSA) is 124 Å². The number of aromatic nitrogens is 5. The van der Waals surface area contributed by atoms with Crippen LogP contribution in [0.5, 0.6) is 11.5 Å². The molecule has 3 aromatic heterocycles. The van der Waals surface area contributed by atoms with Crippen LogP contribution in [0.4, 0.5) is 0 Å². The maximum Gasteiger partial charge on any atom is 0.253 e. The second-order valence-corrected chi connectivity index (χ2v) is 8.89. The number of methoxy groups -OCH3 is 1. The van der Waals surface area contributed by atoms with Crippen molar-refractivity contribution in [1.29, 1.82) is 0 Å². The van der Waals surface area contributed by atoms with E-state index in [1.165, 1.54) is 0 Å². The zero-order valence-corrected chi connectivity index (χ0v) is 19.9. The van der Waals surface area contributed by atoms with Crippen molar-refractivity contribution in [3.8, 4) is 11.5 Å². The van der Waals surface area contributed by atoms with E-state index < -0.39 is 6.04 Å². The fourth-order valence-corrected chi connectivity index (χ4v) is 4.86. The summed E-state index contributed by atoms with van der Waals surface area (Å²) in [6, 6.07) is 9.06. The van der Waals surface area contributed by atoms with E-state index in [1.807, 2.05) is 24.3 Å². The third kappa shape index (κ3) is 4.34. The van der Waals surface area contributed by atoms with Gasteiger partial charge in [0.15, 0.2) is 17.3 Å². The summed E-state index contributed by atoms with van der Waals surface area (Å²) in [5.41, 5.74) is 1.08. The van der Waals surface area contributed by atoms with Crippen molar-refractivity contribution < 1.29 is 18.6 Å². The van der Waals surface area contributed by atoms with E-state index in [4.69, 9.17) is 18.6 Å². The van der Waals surface area contributed by atoms with E-state index in [1.54, 1.807) is 24.1 Å². The van der Waals surface area contributed by atoms with E-state index in [2.05, 4.69) is 30.3 Å². The molecule has 1 atom stereocenters. The van der Waals surface area contributed by atoms with E-state index in [9.17, 15) is 4.79 Å². The minimum atomic E-state index is -0.429. The van der Waals surface area contributed by atoms with Crippen LogP contribution in [-0.2, 0) is 17.8 Å². The third-order valence-electron chi connectivity index (χ3n) is 6.70. The van der Waals surface area contributed by atoms with Crippen LogP contribution in [0.15, 0.2) is 45.8 Å². The molecule has 0 bridgehead atoms. The van der Waals surface area contributed by atoms with Crippen LogP contribution >= 0.6 is 0 Å². The summed E-state index contributed by atoms with van der Waals surface area (Å²) < 4.78 is 23.5. The minimum Gasteiger partial charge on any atom is -0.468 e. The molecule has 6 rings (SSSR count). The van der Waals surface area contributed by atoms with Crippen molar-refractivity contribution in [3.63, 3.8) is 0 Å². The lowest BCUT2D eigenvalue weighted by molar-refractivity contribution is 0.0940. The van der Waals surface area contributed by atoms with Gasteiger partial charge in [0.25, 0.3) is 5.56 Å². The molecule has 5 heterocycles. The molecule has 12 nitrogen and oxygen atoms in total. The summed E-state index contributed by atoms with van der Waals surface area (Å²) >= 11 is 0. The fourth-order valence-electron chi connectivity index (χ4n) is 4.86. The molecule has 12 heteroatoms. The number of furan rings is 1. The zero-order chi connectivity index (χ0) is 24.5. The Hall–Kier alpha value is -3.74. The van der Waals surface area contributed by atoms with Crippen LogP contribution in [-0.4, -0.2) is 81.7 Å². The minimum absolute atomic E-state index is 0.169. The predicted octanol–water partition coefficient (Wildman–Crippen LogP) is 1.39. The van der Waals surface area contributed by atoms with Crippen molar-refractivity contribution >= 4 is 10.9 Å². The molecule has 0 saturated carbocycles. The molecule has 1 aromatic carbocycles. The first-order valence-corrected chi connectivity index (χ1v) is 11.9. The van der Waals surface area contributed by atoms with Gasteiger partial charge >= 0.3 is 0 Å². The summed E-state index contributed by atoms with van der Waals surface area (Å²) in [4.78, 5) is 21.1. The Morgan fingerprint density at radius 2 is 1.97 bits per heavy atom. The number of benzene rings is 1. The van der Waals surface area contributed by atoms with Gasteiger partial charge in [-0.05, 0) is 34.7 Å². The number of ether oxygens (including phenoxy) is 3. The molecule has 0 unspecified atom stereocenters. The number of piperazine rings is 1. The number of nitrogens with one attached hydrogen (secondary N) is 1. The Bertz CT molecular complexity index is 1390. The van der Waals surface area contributed by atoms with E-state index in [0.29, 0.717) is 41.6 Å². The van der Waals surface area contributed by atoms with Gasteiger partial charge in [0.2, 0.25) is 6.79 Å². The number of aromatic amines is 1. The van der Waals surface area contributed by atoms with Crippen molar-refractivity contribution in [2.75, 3.05) is 46.7 Å². The summed E-state index contributed by atoms with van der Waals surface area (Å²) in [5.74, 6) is 2.83. The van der Waals surface area contributed by atoms with Gasteiger partial charge in [-0.15, -0.1) is 5.10 Å². The Kier molecular flexibility index (Phi) is 6.13. The van der Waals surface area contributed by atoms with Crippen LogP contribution < -0.4 is 15.0 Å². The van der Waals surface area contributed by atoms with Gasteiger partial charge in [0, 0.05) is 50.3 Å². The summed E-state index contributed by atoms with van der Waals surface area (Å²) in [5, 5.41) is 13.3. The predicted molar refractivity (Wildman–Crippen MR) is 128 cm³/mol. The lowest BCUT2D eigenvalue weighted by Crippen LogP contribution is -2.48. The molecular formula is C24H27N7O5. The number of tetrazole rings is 1. The molecule has 0 amide bonds. The Balaban J connectivity index is 1.35. The highest BCUT2D eigenvalue weighted by molar-refractivity contribution is 5.83. The molecule has 188 valence electrons. The molecule has 1 fully saturated rings. The van der Waals surface area contributed by atoms with Crippen molar-refractivity contribution in [3.05, 3.63) is 64.1 Å².